The summed E-state index contributed by atoms with van der Waals surface area (Å²) in [4.78, 5) is 0. The second-order valence-corrected chi connectivity index (χ2v) is 5.65. The second kappa shape index (κ2) is 8.03. The molecule has 0 bridgehead atoms. The van der Waals surface area contributed by atoms with Crippen LogP contribution in [-0.2, 0) is 18.9 Å². The topological polar surface area (TPSA) is 158 Å². The number of hydrogen-bond acceptors (Lipinski definition) is 10. The van der Waals surface area contributed by atoms with Gasteiger partial charge in [-0.2, -0.15) is 0 Å². The molecule has 0 aromatic carbocycles. The standard InChI is InChI=1S/C14H22O10/c1-3-5-7(15)9(17)12(20)14(23-5)22-4-6-8(16)10(18)11(19)13(21-2)24-6/h1,5-20H,4H2,2H3/t5-,6-,7+,8+,9+,10+,11-,12-,13+,14-/m1/s1. The van der Waals surface area contributed by atoms with E-state index in [1.165, 1.54) is 7.11 Å². The Kier molecular flexibility index (Phi) is 6.52. The van der Waals surface area contributed by atoms with Crippen molar-refractivity contribution in [3.05, 3.63) is 0 Å². The zero-order valence-electron chi connectivity index (χ0n) is 12.9. The summed E-state index contributed by atoms with van der Waals surface area (Å²) in [6, 6.07) is 0. The molecular formula is C14H22O10. The van der Waals surface area contributed by atoms with Gasteiger partial charge >= 0.3 is 0 Å². The molecule has 10 heteroatoms. The molecule has 2 saturated heterocycles. The monoisotopic (exact) mass is 350 g/mol. The summed E-state index contributed by atoms with van der Waals surface area (Å²) < 4.78 is 20.5. The highest BCUT2D eigenvalue weighted by Gasteiger charge is 2.47. The zero-order chi connectivity index (χ0) is 18.0. The highest BCUT2D eigenvalue weighted by Crippen LogP contribution is 2.25. The minimum atomic E-state index is -1.58. The van der Waals surface area contributed by atoms with Gasteiger partial charge in [-0.05, 0) is 0 Å². The van der Waals surface area contributed by atoms with Crippen LogP contribution in [0.1, 0.15) is 0 Å². The molecule has 0 amide bonds. The summed E-state index contributed by atoms with van der Waals surface area (Å²) in [6.45, 7) is -0.368. The van der Waals surface area contributed by atoms with Gasteiger partial charge in [-0.25, -0.2) is 0 Å². The van der Waals surface area contributed by atoms with E-state index < -0.39 is 61.4 Å². The Labute approximate surface area is 138 Å². The van der Waals surface area contributed by atoms with E-state index in [0.29, 0.717) is 0 Å². The van der Waals surface area contributed by atoms with E-state index in [0.717, 1.165) is 0 Å². The highest BCUT2D eigenvalue weighted by atomic mass is 16.7. The molecular weight excluding hydrogens is 328 g/mol. The van der Waals surface area contributed by atoms with E-state index in [1.807, 2.05) is 0 Å². The van der Waals surface area contributed by atoms with Gasteiger partial charge in [0.15, 0.2) is 12.6 Å². The fraction of sp³-hybridized carbons (Fsp3) is 0.857. The van der Waals surface area contributed by atoms with Gasteiger partial charge in [0, 0.05) is 7.11 Å². The van der Waals surface area contributed by atoms with Crippen LogP contribution < -0.4 is 0 Å². The number of aliphatic hydroxyl groups is 6. The van der Waals surface area contributed by atoms with Crippen molar-refractivity contribution in [3.63, 3.8) is 0 Å². The molecule has 10 atom stereocenters. The Balaban J connectivity index is 1.98. The van der Waals surface area contributed by atoms with Crippen molar-refractivity contribution in [1.29, 1.82) is 0 Å². The molecule has 138 valence electrons. The molecule has 2 aliphatic rings. The van der Waals surface area contributed by atoms with E-state index in [9.17, 15) is 30.6 Å². The smallest absolute Gasteiger partial charge is 0.187 e. The summed E-state index contributed by atoms with van der Waals surface area (Å²) in [5, 5.41) is 58.6. The largest absolute Gasteiger partial charge is 0.387 e. The Bertz CT molecular complexity index is 451. The summed E-state index contributed by atoms with van der Waals surface area (Å²) in [5.74, 6) is 2.11. The van der Waals surface area contributed by atoms with Gasteiger partial charge in [-0.3, -0.25) is 0 Å². The average Bonchev–Trinajstić information content (AvgIpc) is 2.58. The molecule has 10 nitrogen and oxygen atoms in total. The SMILES string of the molecule is C#C[C@H]1O[C@@H](OC[C@H]2O[C@H](OC)[C@H](O)[C@@H](O)[C@H]2O)[C@H](O)[C@@H](O)[C@H]1O. The third-order valence-corrected chi connectivity index (χ3v) is 4.06. The number of ether oxygens (including phenoxy) is 4. The van der Waals surface area contributed by atoms with Crippen molar-refractivity contribution in [2.45, 2.75) is 61.4 Å². The summed E-state index contributed by atoms with van der Waals surface area (Å²) in [7, 11) is 1.25. The lowest BCUT2D eigenvalue weighted by Crippen LogP contribution is -2.61. The molecule has 0 unspecified atom stereocenters. The molecule has 2 fully saturated rings. The minimum Gasteiger partial charge on any atom is -0.387 e. The number of terminal acetylenes is 1. The van der Waals surface area contributed by atoms with E-state index in [4.69, 9.17) is 25.4 Å². The Morgan fingerprint density at radius 1 is 0.833 bits per heavy atom. The summed E-state index contributed by atoms with van der Waals surface area (Å²) >= 11 is 0. The average molecular weight is 350 g/mol. The van der Waals surface area contributed by atoms with Crippen molar-refractivity contribution in [2.75, 3.05) is 13.7 Å². The van der Waals surface area contributed by atoms with Crippen molar-refractivity contribution < 1.29 is 49.6 Å². The predicted molar refractivity (Wildman–Crippen MR) is 75.2 cm³/mol. The number of rotatable bonds is 4. The first-order chi connectivity index (χ1) is 11.3. The van der Waals surface area contributed by atoms with Crippen LogP contribution in [0.25, 0.3) is 0 Å². The first-order valence-electron chi connectivity index (χ1n) is 7.31. The van der Waals surface area contributed by atoms with Crippen LogP contribution in [0.5, 0.6) is 0 Å². The molecule has 0 aromatic rings. The van der Waals surface area contributed by atoms with Gasteiger partial charge in [0.05, 0.1) is 6.61 Å². The van der Waals surface area contributed by atoms with Crippen molar-refractivity contribution >= 4 is 0 Å². The van der Waals surface area contributed by atoms with E-state index >= 15 is 0 Å². The lowest BCUT2D eigenvalue weighted by atomic mass is 9.98. The zero-order valence-corrected chi connectivity index (χ0v) is 12.9. The Morgan fingerprint density at radius 3 is 2.00 bits per heavy atom. The summed E-state index contributed by atoms with van der Waals surface area (Å²) in [6.07, 6.45) is -8.78. The van der Waals surface area contributed by atoms with Gasteiger partial charge in [0.1, 0.15) is 48.8 Å². The molecule has 0 aromatic heterocycles. The molecule has 2 heterocycles. The van der Waals surface area contributed by atoms with Gasteiger partial charge in [-0.1, -0.05) is 5.92 Å². The quantitative estimate of drug-likeness (QED) is 0.275. The van der Waals surface area contributed by atoms with E-state index in [1.54, 1.807) is 0 Å². The number of methoxy groups -OCH3 is 1. The third kappa shape index (κ3) is 3.71. The molecule has 0 radical (unpaired) electrons. The lowest BCUT2D eigenvalue weighted by molar-refractivity contribution is -0.321. The van der Waals surface area contributed by atoms with Gasteiger partial charge in [0.25, 0.3) is 0 Å². The number of hydrogen-bond donors (Lipinski definition) is 6. The van der Waals surface area contributed by atoms with Crippen LogP contribution in [0.15, 0.2) is 0 Å². The van der Waals surface area contributed by atoms with Gasteiger partial charge in [-0.15, -0.1) is 6.42 Å². The fourth-order valence-electron chi connectivity index (χ4n) is 2.56. The number of aliphatic hydroxyl groups excluding tert-OH is 6. The Hall–Kier alpha value is -0.840. The molecule has 2 rings (SSSR count). The van der Waals surface area contributed by atoms with E-state index in [-0.39, 0.29) is 6.61 Å². The first-order valence-corrected chi connectivity index (χ1v) is 7.31. The molecule has 2 aliphatic heterocycles. The van der Waals surface area contributed by atoms with Gasteiger partial charge in [0.2, 0.25) is 0 Å². The highest BCUT2D eigenvalue weighted by molar-refractivity contribution is 5.05. The normalized spacial score (nSPS) is 49.6. The molecule has 6 N–H and O–H groups in total. The first kappa shape index (κ1) is 19.5. The lowest BCUT2D eigenvalue weighted by Gasteiger charge is -2.41. The second-order valence-electron chi connectivity index (χ2n) is 5.65. The van der Waals surface area contributed by atoms with Crippen molar-refractivity contribution in [2.24, 2.45) is 0 Å². The predicted octanol–water partition coefficient (Wildman–Crippen LogP) is -4.10. The maximum atomic E-state index is 9.91. The summed E-state index contributed by atoms with van der Waals surface area (Å²) in [5.41, 5.74) is 0. The van der Waals surface area contributed by atoms with Crippen LogP contribution in [0.4, 0.5) is 0 Å². The van der Waals surface area contributed by atoms with Crippen LogP contribution in [0.2, 0.25) is 0 Å². The van der Waals surface area contributed by atoms with Gasteiger partial charge < -0.3 is 49.6 Å². The van der Waals surface area contributed by atoms with Crippen LogP contribution in [0.3, 0.4) is 0 Å². The van der Waals surface area contributed by atoms with Crippen molar-refractivity contribution in [1.82, 2.24) is 0 Å². The van der Waals surface area contributed by atoms with Crippen LogP contribution in [0, 0.1) is 12.3 Å². The third-order valence-electron chi connectivity index (χ3n) is 4.06. The van der Waals surface area contributed by atoms with E-state index in [2.05, 4.69) is 5.92 Å². The molecule has 24 heavy (non-hydrogen) atoms. The fourth-order valence-corrected chi connectivity index (χ4v) is 2.56. The molecule has 0 spiro atoms. The maximum absolute atomic E-state index is 9.91. The molecule has 0 saturated carbocycles. The Morgan fingerprint density at radius 2 is 1.42 bits per heavy atom. The maximum Gasteiger partial charge on any atom is 0.187 e. The van der Waals surface area contributed by atoms with Crippen LogP contribution in [-0.4, -0.2) is 106 Å². The van der Waals surface area contributed by atoms with Crippen molar-refractivity contribution in [3.8, 4) is 12.3 Å². The van der Waals surface area contributed by atoms with Crippen LogP contribution >= 0.6 is 0 Å². The minimum absolute atomic E-state index is 0.368. The molecule has 0 aliphatic carbocycles.